The third kappa shape index (κ3) is 6.00. The molecule has 1 aliphatic rings. The molecule has 174 valence electrons. The van der Waals surface area contributed by atoms with E-state index in [0.29, 0.717) is 17.7 Å². The van der Waals surface area contributed by atoms with E-state index in [1.807, 2.05) is 30.3 Å². The minimum Gasteiger partial charge on any atom is -0.339 e. The number of benzene rings is 3. The van der Waals surface area contributed by atoms with Crippen molar-refractivity contribution in [3.8, 4) is 11.4 Å². The SMILES string of the molecule is c1ccc(CC(CCN2CCC(Cc3nc(-c4ccccc4)no3)CC2)c2ccccc2)cc1. The molecule has 34 heavy (non-hydrogen) atoms. The molecule has 1 saturated heterocycles. The van der Waals surface area contributed by atoms with Crippen molar-refractivity contribution in [2.45, 2.75) is 38.0 Å². The smallest absolute Gasteiger partial charge is 0.227 e. The summed E-state index contributed by atoms with van der Waals surface area (Å²) in [7, 11) is 0. The summed E-state index contributed by atoms with van der Waals surface area (Å²) < 4.78 is 5.56. The maximum Gasteiger partial charge on any atom is 0.227 e. The fourth-order valence-electron chi connectivity index (χ4n) is 5.05. The van der Waals surface area contributed by atoms with Gasteiger partial charge >= 0.3 is 0 Å². The Morgan fingerprint density at radius 1 is 0.824 bits per heavy atom. The summed E-state index contributed by atoms with van der Waals surface area (Å²) >= 11 is 0. The van der Waals surface area contributed by atoms with Gasteiger partial charge < -0.3 is 9.42 Å². The van der Waals surface area contributed by atoms with Crippen LogP contribution in [0.15, 0.2) is 95.5 Å². The molecule has 0 amide bonds. The normalized spacial score (nSPS) is 15.9. The summed E-state index contributed by atoms with van der Waals surface area (Å²) in [6, 6.07) is 32.0. The highest BCUT2D eigenvalue weighted by Crippen LogP contribution is 2.27. The molecule has 0 aliphatic carbocycles. The van der Waals surface area contributed by atoms with Gasteiger partial charge in [0.2, 0.25) is 11.7 Å². The summed E-state index contributed by atoms with van der Waals surface area (Å²) in [5.74, 6) is 2.63. The van der Waals surface area contributed by atoms with E-state index in [2.05, 4.69) is 75.7 Å². The molecule has 5 rings (SSSR count). The Bertz CT molecular complexity index is 1120. The van der Waals surface area contributed by atoms with Crippen LogP contribution < -0.4 is 0 Å². The van der Waals surface area contributed by atoms with Gasteiger partial charge in [0.15, 0.2) is 0 Å². The van der Waals surface area contributed by atoms with Crippen molar-refractivity contribution in [2.24, 2.45) is 5.92 Å². The van der Waals surface area contributed by atoms with Gasteiger partial charge in [-0.15, -0.1) is 0 Å². The standard InChI is InChI=1S/C30H33N3O/c1-4-10-24(11-5-1)22-28(26-12-6-2-7-13-26)18-21-33-19-16-25(17-20-33)23-29-31-30(32-34-29)27-14-8-3-9-15-27/h1-15,25,28H,16-23H2. The highest BCUT2D eigenvalue weighted by molar-refractivity contribution is 5.53. The molecule has 2 heterocycles. The molecule has 0 saturated carbocycles. The molecule has 0 bridgehead atoms. The largest absolute Gasteiger partial charge is 0.339 e. The minimum atomic E-state index is 0.552. The third-order valence-electron chi connectivity index (χ3n) is 7.06. The van der Waals surface area contributed by atoms with Gasteiger partial charge in [0, 0.05) is 12.0 Å². The quantitative estimate of drug-likeness (QED) is 0.295. The molecule has 1 atom stereocenters. The second kappa shape index (κ2) is 11.3. The van der Waals surface area contributed by atoms with Crippen molar-refractivity contribution in [2.75, 3.05) is 19.6 Å². The van der Waals surface area contributed by atoms with E-state index in [4.69, 9.17) is 4.52 Å². The lowest BCUT2D eigenvalue weighted by Crippen LogP contribution is -2.35. The van der Waals surface area contributed by atoms with Crippen LogP contribution in [-0.2, 0) is 12.8 Å². The minimum absolute atomic E-state index is 0.552. The summed E-state index contributed by atoms with van der Waals surface area (Å²) in [4.78, 5) is 7.27. The predicted molar refractivity (Wildman–Crippen MR) is 137 cm³/mol. The summed E-state index contributed by atoms with van der Waals surface area (Å²) in [6.07, 6.45) is 5.56. The first-order valence-electron chi connectivity index (χ1n) is 12.5. The molecule has 4 heteroatoms. The van der Waals surface area contributed by atoms with Gasteiger partial charge in [0.05, 0.1) is 0 Å². The molecular weight excluding hydrogens is 418 g/mol. The summed E-state index contributed by atoms with van der Waals surface area (Å²) in [6.45, 7) is 3.45. The van der Waals surface area contributed by atoms with E-state index in [0.717, 1.165) is 43.9 Å². The van der Waals surface area contributed by atoms with Gasteiger partial charge in [-0.3, -0.25) is 0 Å². The van der Waals surface area contributed by atoms with E-state index in [1.54, 1.807) is 0 Å². The Labute approximate surface area is 202 Å². The monoisotopic (exact) mass is 451 g/mol. The number of aromatic nitrogens is 2. The van der Waals surface area contributed by atoms with Gasteiger partial charge in [0.25, 0.3) is 0 Å². The van der Waals surface area contributed by atoms with Crippen molar-refractivity contribution in [1.82, 2.24) is 15.0 Å². The van der Waals surface area contributed by atoms with E-state index >= 15 is 0 Å². The molecule has 4 aromatic rings. The third-order valence-corrected chi connectivity index (χ3v) is 7.06. The van der Waals surface area contributed by atoms with Crippen LogP contribution in [0.5, 0.6) is 0 Å². The average Bonchev–Trinajstić information content (AvgIpc) is 3.37. The Balaban J connectivity index is 1.12. The molecule has 0 N–H and O–H groups in total. The summed E-state index contributed by atoms with van der Waals surface area (Å²) in [5.41, 5.74) is 3.88. The summed E-state index contributed by atoms with van der Waals surface area (Å²) in [5, 5.41) is 4.18. The lowest BCUT2D eigenvalue weighted by molar-refractivity contribution is 0.172. The lowest BCUT2D eigenvalue weighted by Gasteiger charge is -2.32. The van der Waals surface area contributed by atoms with Crippen LogP contribution in [0.1, 0.15) is 42.2 Å². The predicted octanol–water partition coefficient (Wildman–Crippen LogP) is 6.41. The van der Waals surface area contributed by atoms with Crippen molar-refractivity contribution in [3.05, 3.63) is 108 Å². The van der Waals surface area contributed by atoms with Gasteiger partial charge in [0.1, 0.15) is 0 Å². The van der Waals surface area contributed by atoms with Crippen LogP contribution in [0.25, 0.3) is 11.4 Å². The highest BCUT2D eigenvalue weighted by atomic mass is 16.5. The Hall–Kier alpha value is -3.24. The van der Waals surface area contributed by atoms with E-state index in [9.17, 15) is 0 Å². The van der Waals surface area contributed by atoms with Gasteiger partial charge in [-0.05, 0) is 68.3 Å². The van der Waals surface area contributed by atoms with Gasteiger partial charge in [-0.25, -0.2) is 0 Å². The number of likely N-dealkylation sites (tertiary alicyclic amines) is 1. The first-order chi connectivity index (χ1) is 16.8. The molecule has 4 nitrogen and oxygen atoms in total. The molecule has 1 unspecified atom stereocenters. The van der Waals surface area contributed by atoms with Crippen LogP contribution in [0.3, 0.4) is 0 Å². The molecule has 1 fully saturated rings. The van der Waals surface area contributed by atoms with Crippen LogP contribution >= 0.6 is 0 Å². The molecule has 1 aromatic heterocycles. The Morgan fingerprint density at radius 2 is 1.47 bits per heavy atom. The number of hydrogen-bond donors (Lipinski definition) is 0. The van der Waals surface area contributed by atoms with Crippen molar-refractivity contribution in [3.63, 3.8) is 0 Å². The molecule has 0 radical (unpaired) electrons. The maximum absolute atomic E-state index is 5.56. The molecule has 3 aromatic carbocycles. The molecular formula is C30H33N3O. The first kappa shape index (κ1) is 22.5. The van der Waals surface area contributed by atoms with Gasteiger partial charge in [-0.2, -0.15) is 4.98 Å². The zero-order valence-electron chi connectivity index (χ0n) is 19.7. The fraction of sp³-hybridized carbons (Fsp3) is 0.333. The number of piperidine rings is 1. The van der Waals surface area contributed by atoms with Crippen molar-refractivity contribution in [1.29, 1.82) is 0 Å². The van der Waals surface area contributed by atoms with Crippen LogP contribution in [0.4, 0.5) is 0 Å². The highest BCUT2D eigenvalue weighted by Gasteiger charge is 2.23. The van der Waals surface area contributed by atoms with Crippen molar-refractivity contribution < 1.29 is 4.52 Å². The number of hydrogen-bond acceptors (Lipinski definition) is 4. The Morgan fingerprint density at radius 3 is 2.18 bits per heavy atom. The second-order valence-electron chi connectivity index (χ2n) is 9.45. The van der Waals surface area contributed by atoms with E-state index in [-0.39, 0.29) is 0 Å². The second-order valence-corrected chi connectivity index (χ2v) is 9.45. The average molecular weight is 452 g/mol. The van der Waals surface area contributed by atoms with Crippen LogP contribution in [-0.4, -0.2) is 34.7 Å². The zero-order valence-corrected chi connectivity index (χ0v) is 19.7. The topological polar surface area (TPSA) is 42.2 Å². The molecule has 0 spiro atoms. The van der Waals surface area contributed by atoms with Crippen LogP contribution in [0.2, 0.25) is 0 Å². The molecule has 1 aliphatic heterocycles. The number of nitrogens with zero attached hydrogens (tertiary/aromatic N) is 3. The van der Waals surface area contributed by atoms with Crippen LogP contribution in [0, 0.1) is 5.92 Å². The van der Waals surface area contributed by atoms with E-state index in [1.165, 1.54) is 30.4 Å². The van der Waals surface area contributed by atoms with Crippen molar-refractivity contribution >= 4 is 0 Å². The lowest BCUT2D eigenvalue weighted by atomic mass is 9.88. The fourth-order valence-corrected chi connectivity index (χ4v) is 5.05. The zero-order chi connectivity index (χ0) is 23.0. The maximum atomic E-state index is 5.56. The van der Waals surface area contributed by atoms with Gasteiger partial charge in [-0.1, -0.05) is 96.2 Å². The Kier molecular flexibility index (Phi) is 7.47. The number of rotatable bonds is 9. The first-order valence-corrected chi connectivity index (χ1v) is 12.5. The van der Waals surface area contributed by atoms with E-state index < -0.39 is 0 Å².